The summed E-state index contributed by atoms with van der Waals surface area (Å²) in [5.41, 5.74) is -0.336. The van der Waals surface area contributed by atoms with Gasteiger partial charge in [-0.1, -0.05) is 13.8 Å². The molecule has 1 atom stereocenters. The van der Waals surface area contributed by atoms with Crippen LogP contribution in [0.5, 0.6) is 0 Å². The maximum Gasteiger partial charge on any atom is 0.328 e. The number of carbonyl (C=O) groups excluding carboxylic acids is 1. The van der Waals surface area contributed by atoms with E-state index in [-0.39, 0.29) is 18.1 Å². The van der Waals surface area contributed by atoms with Gasteiger partial charge in [-0.25, -0.2) is 4.79 Å². The topological polar surface area (TPSA) is 47.6 Å². The number of rotatable bonds is 6. The van der Waals surface area contributed by atoms with E-state index in [4.69, 9.17) is 9.47 Å². The number of methoxy groups -OCH3 is 1. The summed E-state index contributed by atoms with van der Waals surface area (Å²) in [6.45, 7) is 10.9. The molecule has 118 valence electrons. The predicted molar refractivity (Wildman–Crippen MR) is 80.7 cm³/mol. The molecule has 1 aliphatic carbocycles. The smallest absolute Gasteiger partial charge is 0.328 e. The second-order valence-electron chi connectivity index (χ2n) is 7.30. The average molecular weight is 285 g/mol. The molecule has 0 saturated heterocycles. The van der Waals surface area contributed by atoms with Crippen molar-refractivity contribution >= 4 is 5.97 Å². The third-order valence-corrected chi connectivity index (χ3v) is 4.14. The first-order chi connectivity index (χ1) is 9.18. The molecule has 0 aromatic heterocycles. The molecule has 0 spiro atoms. The SMILES string of the molecule is COC(=O)C(C)(COC1CCC(C)(C)CC1)NC(C)C. The molecule has 0 bridgehead atoms. The fraction of sp³-hybridized carbons (Fsp3) is 0.938. The number of hydrogen-bond donors (Lipinski definition) is 1. The van der Waals surface area contributed by atoms with Gasteiger partial charge in [-0.05, 0) is 51.9 Å². The van der Waals surface area contributed by atoms with Crippen LogP contribution < -0.4 is 5.32 Å². The number of ether oxygens (including phenoxy) is 2. The number of esters is 1. The van der Waals surface area contributed by atoms with E-state index in [1.807, 2.05) is 20.8 Å². The lowest BCUT2D eigenvalue weighted by Crippen LogP contribution is -2.56. The first-order valence-corrected chi connectivity index (χ1v) is 7.66. The molecule has 0 amide bonds. The Morgan fingerprint density at radius 1 is 1.35 bits per heavy atom. The van der Waals surface area contributed by atoms with E-state index in [1.54, 1.807) is 0 Å². The normalized spacial score (nSPS) is 22.6. The Kier molecular flexibility index (Phi) is 6.02. The highest BCUT2D eigenvalue weighted by atomic mass is 16.5. The van der Waals surface area contributed by atoms with Gasteiger partial charge in [-0.2, -0.15) is 0 Å². The zero-order chi connectivity index (χ0) is 15.4. The van der Waals surface area contributed by atoms with E-state index < -0.39 is 5.54 Å². The zero-order valence-corrected chi connectivity index (χ0v) is 13.9. The molecular weight excluding hydrogens is 254 g/mol. The molecule has 4 heteroatoms. The van der Waals surface area contributed by atoms with Gasteiger partial charge in [0.2, 0.25) is 0 Å². The summed E-state index contributed by atoms with van der Waals surface area (Å²) in [4.78, 5) is 12.0. The third kappa shape index (κ3) is 5.06. The minimum atomic E-state index is -0.768. The van der Waals surface area contributed by atoms with Crippen LogP contribution in [0.25, 0.3) is 0 Å². The quantitative estimate of drug-likeness (QED) is 0.762. The highest BCUT2D eigenvalue weighted by Gasteiger charge is 2.37. The van der Waals surface area contributed by atoms with Gasteiger partial charge in [0.15, 0.2) is 0 Å². The van der Waals surface area contributed by atoms with E-state index in [0.29, 0.717) is 12.0 Å². The lowest BCUT2D eigenvalue weighted by atomic mass is 9.76. The van der Waals surface area contributed by atoms with Gasteiger partial charge in [0.25, 0.3) is 0 Å². The molecule has 1 unspecified atom stereocenters. The van der Waals surface area contributed by atoms with Crippen molar-refractivity contribution in [2.45, 2.75) is 78.0 Å². The molecule has 1 N–H and O–H groups in total. The molecule has 0 radical (unpaired) electrons. The highest BCUT2D eigenvalue weighted by Crippen LogP contribution is 2.36. The summed E-state index contributed by atoms with van der Waals surface area (Å²) in [6.07, 6.45) is 4.78. The minimum absolute atomic E-state index is 0.202. The van der Waals surface area contributed by atoms with Gasteiger partial charge >= 0.3 is 5.97 Å². The second-order valence-corrected chi connectivity index (χ2v) is 7.30. The van der Waals surface area contributed by atoms with Crippen LogP contribution in [0.15, 0.2) is 0 Å². The van der Waals surface area contributed by atoms with E-state index in [9.17, 15) is 4.79 Å². The molecular formula is C16H31NO3. The first-order valence-electron chi connectivity index (χ1n) is 7.66. The molecule has 20 heavy (non-hydrogen) atoms. The van der Waals surface area contributed by atoms with Crippen LogP contribution in [0.1, 0.15) is 60.3 Å². The fourth-order valence-corrected chi connectivity index (χ4v) is 2.85. The van der Waals surface area contributed by atoms with Crippen LogP contribution in [0.4, 0.5) is 0 Å². The zero-order valence-electron chi connectivity index (χ0n) is 13.9. The van der Waals surface area contributed by atoms with Crippen LogP contribution in [0, 0.1) is 5.41 Å². The monoisotopic (exact) mass is 285 g/mol. The molecule has 1 fully saturated rings. The van der Waals surface area contributed by atoms with Crippen LogP contribution in [0.2, 0.25) is 0 Å². The maximum absolute atomic E-state index is 12.0. The van der Waals surface area contributed by atoms with Gasteiger partial charge in [-0.3, -0.25) is 5.32 Å². The van der Waals surface area contributed by atoms with Gasteiger partial charge in [-0.15, -0.1) is 0 Å². The molecule has 4 nitrogen and oxygen atoms in total. The standard InChI is InChI=1S/C16H31NO3/c1-12(2)17-16(5,14(18)19-6)11-20-13-7-9-15(3,4)10-8-13/h12-13,17H,7-11H2,1-6H3. The van der Waals surface area contributed by atoms with E-state index in [2.05, 4.69) is 19.2 Å². The molecule has 0 aliphatic heterocycles. The van der Waals surface area contributed by atoms with E-state index in [0.717, 1.165) is 12.8 Å². The van der Waals surface area contributed by atoms with Crippen molar-refractivity contribution in [3.8, 4) is 0 Å². The van der Waals surface area contributed by atoms with Crippen molar-refractivity contribution in [2.75, 3.05) is 13.7 Å². The number of carbonyl (C=O) groups is 1. The molecule has 1 rings (SSSR count). The summed E-state index contributed by atoms with van der Waals surface area (Å²) in [7, 11) is 1.42. The van der Waals surface area contributed by atoms with Crippen molar-refractivity contribution in [3.63, 3.8) is 0 Å². The minimum Gasteiger partial charge on any atom is -0.468 e. The lowest BCUT2D eigenvalue weighted by Gasteiger charge is -2.36. The molecule has 0 heterocycles. The Labute approximate surface area is 123 Å². The van der Waals surface area contributed by atoms with E-state index in [1.165, 1.54) is 20.0 Å². The van der Waals surface area contributed by atoms with Crippen molar-refractivity contribution in [1.82, 2.24) is 5.32 Å². The molecule has 0 aromatic carbocycles. The molecule has 1 aliphatic rings. The van der Waals surface area contributed by atoms with Crippen LogP contribution in [0.3, 0.4) is 0 Å². The Hall–Kier alpha value is -0.610. The number of nitrogens with one attached hydrogen (secondary N) is 1. The highest BCUT2D eigenvalue weighted by molar-refractivity contribution is 5.80. The lowest BCUT2D eigenvalue weighted by molar-refractivity contribution is -0.152. The predicted octanol–water partition coefficient (Wildman–Crippen LogP) is 2.90. The summed E-state index contributed by atoms with van der Waals surface area (Å²) in [5.74, 6) is -0.262. The van der Waals surface area contributed by atoms with Gasteiger partial charge in [0.1, 0.15) is 5.54 Å². The largest absolute Gasteiger partial charge is 0.468 e. The summed E-state index contributed by atoms with van der Waals surface area (Å²) in [6, 6.07) is 0.202. The summed E-state index contributed by atoms with van der Waals surface area (Å²) in [5, 5.41) is 3.26. The maximum atomic E-state index is 12.0. The van der Waals surface area contributed by atoms with E-state index >= 15 is 0 Å². The average Bonchev–Trinajstić information content (AvgIpc) is 2.35. The number of hydrogen-bond acceptors (Lipinski definition) is 4. The summed E-state index contributed by atoms with van der Waals surface area (Å²) < 4.78 is 10.9. The van der Waals surface area contributed by atoms with Crippen LogP contribution in [-0.2, 0) is 14.3 Å². The Morgan fingerprint density at radius 3 is 2.35 bits per heavy atom. The Bertz CT molecular complexity index is 318. The van der Waals surface area contributed by atoms with Gasteiger partial charge < -0.3 is 9.47 Å². The first kappa shape index (κ1) is 17.4. The second kappa shape index (κ2) is 6.90. The van der Waals surface area contributed by atoms with Crippen LogP contribution in [-0.4, -0.2) is 37.4 Å². The summed E-state index contributed by atoms with van der Waals surface area (Å²) >= 11 is 0. The third-order valence-electron chi connectivity index (χ3n) is 4.14. The van der Waals surface area contributed by atoms with Crippen molar-refractivity contribution in [2.24, 2.45) is 5.41 Å². The van der Waals surface area contributed by atoms with Crippen molar-refractivity contribution in [3.05, 3.63) is 0 Å². The molecule has 1 saturated carbocycles. The Balaban J connectivity index is 2.53. The molecule has 0 aromatic rings. The van der Waals surface area contributed by atoms with Gasteiger partial charge in [0.05, 0.1) is 19.8 Å². The fourth-order valence-electron chi connectivity index (χ4n) is 2.85. The van der Waals surface area contributed by atoms with Crippen molar-refractivity contribution in [1.29, 1.82) is 0 Å². The Morgan fingerprint density at radius 2 is 1.90 bits per heavy atom. The van der Waals surface area contributed by atoms with Crippen LogP contribution >= 0.6 is 0 Å². The van der Waals surface area contributed by atoms with Crippen molar-refractivity contribution < 1.29 is 14.3 Å². The van der Waals surface area contributed by atoms with Gasteiger partial charge in [0, 0.05) is 6.04 Å².